The molecular weight excluding hydrogens is 246 g/mol. The summed E-state index contributed by atoms with van der Waals surface area (Å²) in [5.41, 5.74) is 1.93. The fourth-order valence-electron chi connectivity index (χ4n) is 1.76. The lowest BCUT2D eigenvalue weighted by Crippen LogP contribution is -2.10. The van der Waals surface area contributed by atoms with Crippen LogP contribution in [0.2, 0.25) is 0 Å². The third kappa shape index (κ3) is 2.79. The summed E-state index contributed by atoms with van der Waals surface area (Å²) < 4.78 is 5.32. The zero-order valence-electron chi connectivity index (χ0n) is 10.8. The lowest BCUT2D eigenvalue weighted by molar-refractivity contribution is 0.414. The monoisotopic (exact) mass is 263 g/mol. The summed E-state index contributed by atoms with van der Waals surface area (Å²) in [6, 6.07) is 2.20. The van der Waals surface area contributed by atoms with Gasteiger partial charge in [0.2, 0.25) is 0 Å². The molecule has 0 radical (unpaired) electrons. The highest BCUT2D eigenvalue weighted by Crippen LogP contribution is 2.30. The quantitative estimate of drug-likeness (QED) is 0.898. The number of ether oxygens (including phenoxy) is 1. The van der Waals surface area contributed by atoms with E-state index < -0.39 is 0 Å². The Bertz CT molecular complexity index is 499. The highest BCUT2D eigenvalue weighted by molar-refractivity contribution is 7.09. The van der Waals surface area contributed by atoms with Crippen LogP contribution in [0.15, 0.2) is 23.8 Å². The first-order valence-corrected chi connectivity index (χ1v) is 6.79. The van der Waals surface area contributed by atoms with E-state index >= 15 is 0 Å². The first kappa shape index (κ1) is 12.8. The summed E-state index contributed by atoms with van der Waals surface area (Å²) in [7, 11) is 1.65. The fourth-order valence-corrected chi connectivity index (χ4v) is 2.53. The molecule has 18 heavy (non-hydrogen) atoms. The molecule has 1 unspecified atom stereocenters. The Labute approximate surface area is 111 Å². The van der Waals surface area contributed by atoms with E-state index in [4.69, 9.17) is 4.74 Å². The van der Waals surface area contributed by atoms with E-state index in [0.29, 0.717) is 0 Å². The van der Waals surface area contributed by atoms with Gasteiger partial charge in [0.1, 0.15) is 5.01 Å². The summed E-state index contributed by atoms with van der Waals surface area (Å²) in [6.07, 6.45) is 4.55. The maximum atomic E-state index is 5.32. The van der Waals surface area contributed by atoms with Gasteiger partial charge in [-0.25, -0.2) is 4.98 Å². The van der Waals surface area contributed by atoms with Crippen LogP contribution in [0, 0.1) is 6.92 Å². The number of methoxy groups -OCH3 is 1. The summed E-state index contributed by atoms with van der Waals surface area (Å²) in [6.45, 7) is 4.11. The molecule has 2 rings (SSSR count). The molecule has 0 spiro atoms. The van der Waals surface area contributed by atoms with Crippen molar-refractivity contribution in [1.82, 2.24) is 9.97 Å². The van der Waals surface area contributed by atoms with Gasteiger partial charge in [0.15, 0.2) is 5.75 Å². The average Bonchev–Trinajstić information content (AvgIpc) is 2.90. The zero-order valence-corrected chi connectivity index (χ0v) is 11.6. The molecule has 2 aromatic rings. The topological polar surface area (TPSA) is 47.0 Å². The van der Waals surface area contributed by atoms with E-state index in [0.717, 1.165) is 28.6 Å². The maximum Gasteiger partial charge on any atom is 0.160 e. The Morgan fingerprint density at radius 1 is 1.44 bits per heavy atom. The van der Waals surface area contributed by atoms with Crippen molar-refractivity contribution in [3.8, 4) is 5.75 Å². The van der Waals surface area contributed by atoms with Crippen LogP contribution in [-0.4, -0.2) is 17.1 Å². The van der Waals surface area contributed by atoms with Crippen LogP contribution >= 0.6 is 11.3 Å². The molecule has 96 valence electrons. The van der Waals surface area contributed by atoms with Crippen molar-refractivity contribution in [3.05, 3.63) is 34.5 Å². The second-order valence-corrected chi connectivity index (χ2v) is 4.93. The van der Waals surface area contributed by atoms with Crippen LogP contribution in [0.5, 0.6) is 5.75 Å². The third-order valence-corrected chi connectivity index (χ3v) is 3.60. The number of pyridine rings is 1. The highest BCUT2D eigenvalue weighted by Gasteiger charge is 2.14. The minimum atomic E-state index is 0.209. The Morgan fingerprint density at radius 3 is 2.89 bits per heavy atom. The van der Waals surface area contributed by atoms with Gasteiger partial charge in [-0.05, 0) is 19.4 Å². The Kier molecular flexibility index (Phi) is 4.15. The normalized spacial score (nSPS) is 12.2. The number of hydrogen-bond acceptors (Lipinski definition) is 5. The standard InChI is InChI=1S/C13H17N3OS/c1-4-10(13-14-5-6-18-13)16-11-7-9(2)15-8-12(11)17-3/h5-8,10H,4H2,1-3H3,(H,15,16). The molecule has 0 saturated heterocycles. The molecule has 0 aromatic carbocycles. The van der Waals surface area contributed by atoms with Crippen molar-refractivity contribution < 1.29 is 4.74 Å². The van der Waals surface area contributed by atoms with Crippen LogP contribution in [0.1, 0.15) is 30.1 Å². The fraction of sp³-hybridized carbons (Fsp3) is 0.385. The van der Waals surface area contributed by atoms with Gasteiger partial charge >= 0.3 is 0 Å². The third-order valence-electron chi connectivity index (χ3n) is 2.71. The molecule has 0 aliphatic rings. The van der Waals surface area contributed by atoms with Gasteiger partial charge in [-0.1, -0.05) is 6.92 Å². The Morgan fingerprint density at radius 2 is 2.28 bits per heavy atom. The molecule has 0 aliphatic heterocycles. The largest absolute Gasteiger partial charge is 0.493 e. The van der Waals surface area contributed by atoms with Crippen molar-refractivity contribution in [2.75, 3.05) is 12.4 Å². The first-order valence-electron chi connectivity index (χ1n) is 5.91. The number of hydrogen-bond donors (Lipinski definition) is 1. The van der Waals surface area contributed by atoms with Crippen molar-refractivity contribution >= 4 is 17.0 Å². The second kappa shape index (κ2) is 5.82. The Balaban J connectivity index is 2.24. The molecule has 0 aliphatic carbocycles. The minimum Gasteiger partial charge on any atom is -0.493 e. The minimum absolute atomic E-state index is 0.209. The molecule has 0 saturated carbocycles. The van der Waals surface area contributed by atoms with Gasteiger partial charge < -0.3 is 10.1 Å². The number of nitrogens with one attached hydrogen (secondary N) is 1. The molecule has 0 fully saturated rings. The molecule has 5 heteroatoms. The van der Waals surface area contributed by atoms with E-state index in [2.05, 4.69) is 22.2 Å². The molecule has 2 aromatic heterocycles. The van der Waals surface area contributed by atoms with E-state index in [1.54, 1.807) is 24.6 Å². The van der Waals surface area contributed by atoms with Gasteiger partial charge in [-0.15, -0.1) is 11.3 Å². The van der Waals surface area contributed by atoms with E-state index in [-0.39, 0.29) is 6.04 Å². The SMILES string of the molecule is CCC(Nc1cc(C)ncc1OC)c1nccs1. The molecule has 0 amide bonds. The van der Waals surface area contributed by atoms with Crippen molar-refractivity contribution in [1.29, 1.82) is 0 Å². The number of thiazole rings is 1. The molecule has 0 bridgehead atoms. The van der Waals surface area contributed by atoms with Crippen LogP contribution < -0.4 is 10.1 Å². The van der Waals surface area contributed by atoms with Crippen LogP contribution in [0.25, 0.3) is 0 Å². The average molecular weight is 263 g/mol. The summed E-state index contributed by atoms with van der Waals surface area (Å²) in [5.74, 6) is 0.760. The first-order chi connectivity index (χ1) is 8.74. The summed E-state index contributed by atoms with van der Waals surface area (Å²) in [4.78, 5) is 8.59. The number of nitrogens with zero attached hydrogens (tertiary/aromatic N) is 2. The molecule has 2 heterocycles. The lowest BCUT2D eigenvalue weighted by Gasteiger charge is -2.18. The smallest absolute Gasteiger partial charge is 0.160 e. The van der Waals surface area contributed by atoms with Crippen LogP contribution in [0.4, 0.5) is 5.69 Å². The van der Waals surface area contributed by atoms with Gasteiger partial charge in [0, 0.05) is 17.3 Å². The summed E-state index contributed by atoms with van der Waals surface area (Å²) in [5, 5.41) is 6.56. The second-order valence-electron chi connectivity index (χ2n) is 4.00. The number of aromatic nitrogens is 2. The van der Waals surface area contributed by atoms with Gasteiger partial charge in [-0.2, -0.15) is 0 Å². The van der Waals surface area contributed by atoms with Crippen LogP contribution in [-0.2, 0) is 0 Å². The van der Waals surface area contributed by atoms with Crippen molar-refractivity contribution in [3.63, 3.8) is 0 Å². The van der Waals surface area contributed by atoms with Gasteiger partial charge in [0.25, 0.3) is 0 Å². The number of aryl methyl sites for hydroxylation is 1. The number of rotatable bonds is 5. The van der Waals surface area contributed by atoms with Crippen molar-refractivity contribution in [2.24, 2.45) is 0 Å². The van der Waals surface area contributed by atoms with E-state index in [9.17, 15) is 0 Å². The van der Waals surface area contributed by atoms with E-state index in [1.165, 1.54) is 0 Å². The number of anilines is 1. The van der Waals surface area contributed by atoms with Crippen LogP contribution in [0.3, 0.4) is 0 Å². The summed E-state index contributed by atoms with van der Waals surface area (Å²) >= 11 is 1.66. The predicted octanol–water partition coefficient (Wildman–Crippen LogP) is 3.42. The molecule has 1 atom stereocenters. The zero-order chi connectivity index (χ0) is 13.0. The molecule has 4 nitrogen and oxygen atoms in total. The van der Waals surface area contributed by atoms with Gasteiger partial charge in [0.05, 0.1) is 25.0 Å². The Hall–Kier alpha value is -1.62. The van der Waals surface area contributed by atoms with Crippen molar-refractivity contribution in [2.45, 2.75) is 26.3 Å². The van der Waals surface area contributed by atoms with E-state index in [1.807, 2.05) is 24.6 Å². The lowest BCUT2D eigenvalue weighted by atomic mass is 10.2. The highest BCUT2D eigenvalue weighted by atomic mass is 32.1. The van der Waals surface area contributed by atoms with Gasteiger partial charge in [-0.3, -0.25) is 4.98 Å². The molecular formula is C13H17N3OS. The predicted molar refractivity (Wildman–Crippen MR) is 74.3 cm³/mol. The maximum absolute atomic E-state index is 5.32. The molecule has 1 N–H and O–H groups in total.